The Kier molecular flexibility index (Phi) is 4.70. The van der Waals surface area contributed by atoms with Crippen molar-refractivity contribution in [2.75, 3.05) is 25.1 Å². The van der Waals surface area contributed by atoms with Gasteiger partial charge in [0.15, 0.2) is 5.13 Å². The molecule has 0 fully saturated rings. The number of aromatic nitrogens is 1. The summed E-state index contributed by atoms with van der Waals surface area (Å²) in [5.41, 5.74) is 8.24. The fraction of sp³-hybridized carbons (Fsp3) is 0.286. The van der Waals surface area contributed by atoms with Crippen molar-refractivity contribution in [3.05, 3.63) is 40.9 Å². The number of nitrogens with zero attached hydrogens (tertiary/aromatic N) is 2. The molecule has 1 aromatic heterocycles. The van der Waals surface area contributed by atoms with E-state index in [0.717, 1.165) is 12.2 Å². The average Bonchev–Trinajstić information content (AvgIpc) is 2.76. The van der Waals surface area contributed by atoms with Crippen molar-refractivity contribution in [1.29, 1.82) is 0 Å². The molecule has 0 aliphatic carbocycles. The number of hydrogen-bond acceptors (Lipinski definition) is 5. The first kappa shape index (κ1) is 14.5. The summed E-state index contributed by atoms with van der Waals surface area (Å²) in [6, 6.07) is 7.84. The van der Waals surface area contributed by atoms with Crippen molar-refractivity contribution in [1.82, 2.24) is 9.88 Å². The molecule has 6 heteroatoms. The van der Waals surface area contributed by atoms with E-state index in [4.69, 9.17) is 5.73 Å². The number of nitrogens with one attached hydrogen (secondary N) is 1. The van der Waals surface area contributed by atoms with E-state index in [0.29, 0.717) is 10.8 Å². The van der Waals surface area contributed by atoms with Gasteiger partial charge in [-0.05, 0) is 31.8 Å². The summed E-state index contributed by atoms with van der Waals surface area (Å²) in [5, 5.41) is 5.14. The van der Waals surface area contributed by atoms with E-state index in [2.05, 4.69) is 15.2 Å². The maximum Gasteiger partial charge on any atom is 0.230 e. The van der Waals surface area contributed by atoms with Crippen LogP contribution in [-0.4, -0.2) is 29.9 Å². The Bertz CT molecular complexity index is 577. The van der Waals surface area contributed by atoms with Crippen molar-refractivity contribution in [2.45, 2.75) is 13.0 Å². The van der Waals surface area contributed by atoms with Gasteiger partial charge in [0.05, 0.1) is 12.1 Å². The third-order valence-electron chi connectivity index (χ3n) is 2.65. The number of hydrogen-bond donors (Lipinski definition) is 2. The van der Waals surface area contributed by atoms with E-state index < -0.39 is 0 Å². The van der Waals surface area contributed by atoms with E-state index in [1.807, 2.05) is 38.4 Å². The second-order valence-corrected chi connectivity index (χ2v) is 5.73. The Morgan fingerprint density at radius 3 is 2.60 bits per heavy atom. The highest BCUT2D eigenvalue weighted by atomic mass is 32.1. The Balaban J connectivity index is 1.91. The van der Waals surface area contributed by atoms with Crippen LogP contribution in [0.15, 0.2) is 29.6 Å². The zero-order chi connectivity index (χ0) is 14.5. The topological polar surface area (TPSA) is 71.2 Å². The summed E-state index contributed by atoms with van der Waals surface area (Å²) in [4.78, 5) is 18.0. The van der Waals surface area contributed by atoms with Crippen LogP contribution in [0.1, 0.15) is 11.3 Å². The lowest BCUT2D eigenvalue weighted by Gasteiger charge is -2.10. The monoisotopic (exact) mass is 290 g/mol. The molecule has 0 saturated carbocycles. The van der Waals surface area contributed by atoms with Crippen LogP contribution in [0.3, 0.4) is 0 Å². The number of nitrogens with two attached hydrogens (primary N) is 1. The standard InChI is InChI=1S/C14H18N4OS/c1-18(2)8-10-3-5-11(6-4-10)16-13(19)7-12-9-20-14(15)17-12/h3-6,9H,7-8H2,1-2H3,(H2,15,17)(H,16,19). The SMILES string of the molecule is CN(C)Cc1ccc(NC(=O)Cc2csc(N)n2)cc1. The van der Waals surface area contributed by atoms with Crippen molar-refractivity contribution in [2.24, 2.45) is 0 Å². The quantitative estimate of drug-likeness (QED) is 0.883. The lowest BCUT2D eigenvalue weighted by molar-refractivity contribution is -0.115. The van der Waals surface area contributed by atoms with Gasteiger partial charge in [-0.25, -0.2) is 4.98 Å². The molecule has 0 atom stereocenters. The normalized spacial score (nSPS) is 10.8. The van der Waals surface area contributed by atoms with Gasteiger partial charge in [-0.15, -0.1) is 11.3 Å². The van der Waals surface area contributed by atoms with Crippen LogP contribution in [0.2, 0.25) is 0 Å². The Labute approximate surface area is 122 Å². The van der Waals surface area contributed by atoms with Gasteiger partial charge in [-0.1, -0.05) is 12.1 Å². The first-order valence-electron chi connectivity index (χ1n) is 6.26. The second kappa shape index (κ2) is 6.49. The largest absolute Gasteiger partial charge is 0.375 e. The summed E-state index contributed by atoms with van der Waals surface area (Å²) in [7, 11) is 4.05. The molecule has 0 saturated heterocycles. The van der Waals surface area contributed by atoms with E-state index in [9.17, 15) is 4.79 Å². The summed E-state index contributed by atoms with van der Waals surface area (Å²) in [5.74, 6) is -0.0874. The van der Waals surface area contributed by atoms with E-state index in [-0.39, 0.29) is 12.3 Å². The van der Waals surface area contributed by atoms with E-state index in [1.54, 1.807) is 5.38 Å². The number of benzene rings is 1. The molecule has 0 aliphatic heterocycles. The van der Waals surface area contributed by atoms with Crippen molar-refractivity contribution < 1.29 is 4.79 Å². The maximum absolute atomic E-state index is 11.9. The Morgan fingerprint density at radius 1 is 1.35 bits per heavy atom. The molecule has 0 aliphatic rings. The summed E-state index contributed by atoms with van der Waals surface area (Å²) in [6.45, 7) is 0.881. The molecular weight excluding hydrogens is 272 g/mol. The lowest BCUT2D eigenvalue weighted by atomic mass is 10.2. The van der Waals surface area contributed by atoms with Gasteiger partial charge in [0.1, 0.15) is 0 Å². The van der Waals surface area contributed by atoms with Crippen LogP contribution in [-0.2, 0) is 17.8 Å². The Hall–Kier alpha value is -1.92. The summed E-state index contributed by atoms with van der Waals surface area (Å²) < 4.78 is 0. The predicted octanol–water partition coefficient (Wildman–Crippen LogP) is 1.97. The van der Waals surface area contributed by atoms with Gasteiger partial charge in [0.25, 0.3) is 0 Å². The molecule has 0 unspecified atom stereocenters. The fourth-order valence-electron chi connectivity index (χ4n) is 1.83. The molecule has 106 valence electrons. The highest BCUT2D eigenvalue weighted by molar-refractivity contribution is 7.13. The third kappa shape index (κ3) is 4.32. The van der Waals surface area contributed by atoms with Crippen LogP contribution in [0.5, 0.6) is 0 Å². The summed E-state index contributed by atoms with van der Waals surface area (Å²) in [6.07, 6.45) is 0.243. The Morgan fingerprint density at radius 2 is 2.05 bits per heavy atom. The number of carbonyl (C=O) groups excluding carboxylic acids is 1. The minimum atomic E-state index is -0.0874. The van der Waals surface area contributed by atoms with Gasteiger partial charge in [0, 0.05) is 17.6 Å². The molecule has 0 spiro atoms. The average molecular weight is 290 g/mol. The predicted molar refractivity (Wildman–Crippen MR) is 82.7 cm³/mol. The lowest BCUT2D eigenvalue weighted by Crippen LogP contribution is -2.15. The van der Waals surface area contributed by atoms with Crippen LogP contribution in [0.4, 0.5) is 10.8 Å². The molecule has 2 rings (SSSR count). The molecule has 1 heterocycles. The number of thiazole rings is 1. The molecule has 2 aromatic rings. The summed E-state index contributed by atoms with van der Waals surface area (Å²) >= 11 is 1.34. The number of amides is 1. The van der Waals surface area contributed by atoms with Crippen molar-refractivity contribution in [3.8, 4) is 0 Å². The minimum absolute atomic E-state index is 0.0874. The highest BCUT2D eigenvalue weighted by Crippen LogP contribution is 2.14. The molecular formula is C14H18N4OS. The number of anilines is 2. The van der Waals surface area contributed by atoms with Crippen molar-refractivity contribution >= 4 is 28.1 Å². The van der Waals surface area contributed by atoms with Gasteiger partial charge < -0.3 is 16.0 Å². The van der Waals surface area contributed by atoms with Crippen LogP contribution < -0.4 is 11.1 Å². The molecule has 0 bridgehead atoms. The van der Waals surface area contributed by atoms with Crippen molar-refractivity contribution in [3.63, 3.8) is 0 Å². The minimum Gasteiger partial charge on any atom is -0.375 e. The van der Waals surface area contributed by atoms with Gasteiger partial charge in [-0.3, -0.25) is 4.79 Å². The van der Waals surface area contributed by atoms with E-state index >= 15 is 0 Å². The first-order chi connectivity index (χ1) is 9.52. The number of carbonyl (C=O) groups is 1. The van der Waals surface area contributed by atoms with Gasteiger partial charge >= 0.3 is 0 Å². The highest BCUT2D eigenvalue weighted by Gasteiger charge is 2.07. The zero-order valence-electron chi connectivity index (χ0n) is 11.6. The number of nitrogen functional groups attached to an aromatic ring is 1. The van der Waals surface area contributed by atoms with Crippen LogP contribution >= 0.6 is 11.3 Å². The first-order valence-corrected chi connectivity index (χ1v) is 7.14. The third-order valence-corrected chi connectivity index (χ3v) is 3.37. The fourth-order valence-corrected chi connectivity index (χ4v) is 2.39. The van der Waals surface area contributed by atoms with E-state index in [1.165, 1.54) is 16.9 Å². The molecule has 1 aromatic carbocycles. The zero-order valence-corrected chi connectivity index (χ0v) is 12.4. The second-order valence-electron chi connectivity index (χ2n) is 4.84. The molecule has 20 heavy (non-hydrogen) atoms. The smallest absolute Gasteiger partial charge is 0.230 e. The molecule has 3 N–H and O–H groups in total. The van der Waals surface area contributed by atoms with Gasteiger partial charge in [0.2, 0.25) is 5.91 Å². The van der Waals surface area contributed by atoms with Crippen LogP contribution in [0.25, 0.3) is 0 Å². The van der Waals surface area contributed by atoms with Gasteiger partial charge in [-0.2, -0.15) is 0 Å². The molecule has 5 nitrogen and oxygen atoms in total. The number of rotatable bonds is 5. The van der Waals surface area contributed by atoms with Crippen LogP contribution in [0, 0.1) is 0 Å². The molecule has 0 radical (unpaired) electrons. The maximum atomic E-state index is 11.9. The molecule has 1 amide bonds.